The highest BCUT2D eigenvalue weighted by Crippen LogP contribution is 2.38. The minimum absolute atomic E-state index is 0.00601. The first kappa shape index (κ1) is 43.6. The summed E-state index contributed by atoms with van der Waals surface area (Å²) >= 11 is 6.17. The number of amides is 1. The second-order valence-corrected chi connectivity index (χ2v) is 17.3. The first-order valence-electron chi connectivity index (χ1n) is 19.7. The highest BCUT2D eigenvalue weighted by molar-refractivity contribution is 6.31. The van der Waals surface area contributed by atoms with E-state index in [1.165, 1.54) is 0 Å². The lowest BCUT2D eigenvalue weighted by Crippen LogP contribution is -2.57. The van der Waals surface area contributed by atoms with Gasteiger partial charge in [-0.25, -0.2) is 0 Å². The fourth-order valence-corrected chi connectivity index (χ4v) is 8.84. The summed E-state index contributed by atoms with van der Waals surface area (Å²) in [5.74, 6) is -1.35. The number of Topliss-reactive ketones (excluding diaryl/α,β-unsaturated/α-hetero) is 1. The first-order valence-corrected chi connectivity index (χ1v) is 20.1. The van der Waals surface area contributed by atoms with Crippen LogP contribution in [0.25, 0.3) is 0 Å². The van der Waals surface area contributed by atoms with E-state index in [4.69, 9.17) is 30.5 Å². The fraction of sp³-hybridized carbons (Fsp3) is 0.780. The highest BCUT2D eigenvalue weighted by Gasteiger charge is 2.51. The molecular weight excluding hydrogens is 696 g/mol. The number of rotatable bonds is 9. The van der Waals surface area contributed by atoms with Crippen molar-refractivity contribution in [3.63, 3.8) is 0 Å². The molecule has 3 aliphatic heterocycles. The maximum Gasteiger partial charge on any atom is 0.319 e. The van der Waals surface area contributed by atoms with Crippen molar-refractivity contribution in [1.82, 2.24) is 19.6 Å². The molecule has 1 aromatic carbocycles. The molecule has 0 N–H and O–H groups in total. The molecule has 0 bridgehead atoms. The number of benzene rings is 1. The Balaban J connectivity index is 1.61. The fourth-order valence-electron chi connectivity index (χ4n) is 8.65. The van der Waals surface area contributed by atoms with Gasteiger partial charge in [0.05, 0.1) is 23.9 Å². The molecule has 0 saturated carbocycles. The molecule has 1 aromatic rings. The zero-order valence-corrected chi connectivity index (χ0v) is 35.0. The van der Waals surface area contributed by atoms with E-state index >= 15 is 0 Å². The summed E-state index contributed by atoms with van der Waals surface area (Å²) in [5, 5.41) is 0.542. The molecule has 3 saturated heterocycles. The third-order valence-corrected chi connectivity index (χ3v) is 12.1. The number of hydrogen-bond acceptors (Lipinski definition) is 10. The summed E-state index contributed by atoms with van der Waals surface area (Å²) in [6.07, 6.45) is 1.42. The summed E-state index contributed by atoms with van der Waals surface area (Å²) in [7, 11) is 5.83. The SMILES string of the molecule is CCCN1C[C@H](C)C[C@@](C)(OC)[C@H](O[C@H]2C[C@@H](N(C)C)C[C@@H](C)O2)[C@@H](C)C(=O)C(C)(C)C(=O)O[C@@H](C)[C@@H]1CN1CCN(C(=O)c2cccc(Cl)c2)CC1. The summed E-state index contributed by atoms with van der Waals surface area (Å²) in [6, 6.07) is 7.22. The van der Waals surface area contributed by atoms with E-state index in [-0.39, 0.29) is 35.8 Å². The zero-order valence-electron chi connectivity index (χ0n) is 34.2. The summed E-state index contributed by atoms with van der Waals surface area (Å²) in [5.41, 5.74) is -1.70. The molecule has 0 spiro atoms. The molecule has 11 nitrogen and oxygen atoms in total. The standard InChI is InChI=1S/C41H67ClN4O7/c1-12-16-46-25-27(2)24-41(8,50-11)37(53-35-23-33(43(9)10)21-28(3)51-35)29(4)36(47)40(6,7)39(49)52-30(5)34(46)26-44-17-19-45(20-18-44)38(48)31-14-13-15-32(42)22-31/h13-15,22,27-30,33-35,37H,12,16-21,23-26H2,1-11H3/t27-,28-,29+,30+,33+,34+,35+,37-,41-/m1/s1. The number of halogens is 1. The maximum absolute atomic E-state index is 14.5. The molecular formula is C41H67ClN4O7. The Bertz CT molecular complexity index is 1390. The Labute approximate surface area is 323 Å². The third kappa shape index (κ3) is 10.8. The monoisotopic (exact) mass is 762 g/mol. The van der Waals surface area contributed by atoms with Crippen molar-refractivity contribution in [1.29, 1.82) is 0 Å². The van der Waals surface area contributed by atoms with Gasteiger partial charge in [-0.15, -0.1) is 0 Å². The molecule has 0 unspecified atom stereocenters. The number of carbonyl (C=O) groups excluding carboxylic acids is 3. The summed E-state index contributed by atoms with van der Waals surface area (Å²) in [6.45, 7) is 20.4. The minimum Gasteiger partial charge on any atom is -0.460 e. The number of piperazine rings is 1. The molecule has 4 rings (SSSR count). The lowest BCUT2D eigenvalue weighted by atomic mass is 9.74. The van der Waals surface area contributed by atoms with Crippen molar-refractivity contribution >= 4 is 29.3 Å². The van der Waals surface area contributed by atoms with Crippen LogP contribution in [0.5, 0.6) is 0 Å². The van der Waals surface area contributed by atoms with E-state index in [1.807, 2.05) is 25.7 Å². The van der Waals surface area contributed by atoms with Gasteiger partial charge < -0.3 is 28.7 Å². The molecule has 53 heavy (non-hydrogen) atoms. The summed E-state index contributed by atoms with van der Waals surface area (Å²) < 4.78 is 25.9. The normalized spacial score (nSPS) is 34.2. The van der Waals surface area contributed by atoms with Crippen molar-refractivity contribution in [2.24, 2.45) is 17.3 Å². The van der Waals surface area contributed by atoms with Gasteiger partial charge in [0, 0.05) is 75.3 Å². The highest BCUT2D eigenvalue weighted by atomic mass is 35.5. The van der Waals surface area contributed by atoms with Crippen LogP contribution >= 0.6 is 11.6 Å². The maximum atomic E-state index is 14.5. The van der Waals surface area contributed by atoms with Crippen LogP contribution in [0.3, 0.4) is 0 Å². The van der Waals surface area contributed by atoms with Crippen LogP contribution < -0.4 is 0 Å². The van der Waals surface area contributed by atoms with Crippen molar-refractivity contribution in [2.45, 2.75) is 123 Å². The second-order valence-electron chi connectivity index (χ2n) is 16.9. The molecule has 3 heterocycles. The van der Waals surface area contributed by atoms with E-state index in [9.17, 15) is 14.4 Å². The molecule has 1 amide bonds. The van der Waals surface area contributed by atoms with Gasteiger partial charge in [0.25, 0.3) is 5.91 Å². The summed E-state index contributed by atoms with van der Waals surface area (Å²) in [4.78, 5) is 50.7. The zero-order chi connectivity index (χ0) is 39.2. The van der Waals surface area contributed by atoms with E-state index in [1.54, 1.807) is 45.2 Å². The van der Waals surface area contributed by atoms with E-state index in [2.05, 4.69) is 49.6 Å². The molecule has 300 valence electrons. The number of nitrogens with zero attached hydrogens (tertiary/aromatic N) is 4. The van der Waals surface area contributed by atoms with Gasteiger partial charge >= 0.3 is 5.97 Å². The van der Waals surface area contributed by atoms with Gasteiger partial charge in [0.15, 0.2) is 12.1 Å². The Morgan fingerprint density at radius 2 is 1.72 bits per heavy atom. The van der Waals surface area contributed by atoms with E-state index < -0.39 is 41.4 Å². The van der Waals surface area contributed by atoms with Crippen molar-refractivity contribution in [2.75, 3.05) is 67.0 Å². The van der Waals surface area contributed by atoms with Crippen LogP contribution in [0.2, 0.25) is 5.02 Å². The van der Waals surface area contributed by atoms with Gasteiger partial charge in [-0.1, -0.05) is 38.4 Å². The molecule has 3 fully saturated rings. The van der Waals surface area contributed by atoms with Crippen LogP contribution in [-0.4, -0.2) is 147 Å². The average Bonchev–Trinajstić information content (AvgIpc) is 3.11. The Morgan fingerprint density at radius 1 is 1.04 bits per heavy atom. The number of ether oxygens (including phenoxy) is 4. The molecule has 0 aromatic heterocycles. The number of carbonyl (C=O) groups is 3. The van der Waals surface area contributed by atoms with Gasteiger partial charge in [0.2, 0.25) is 0 Å². The molecule has 3 aliphatic rings. The predicted octanol–water partition coefficient (Wildman–Crippen LogP) is 5.63. The van der Waals surface area contributed by atoms with Crippen LogP contribution in [0.15, 0.2) is 24.3 Å². The van der Waals surface area contributed by atoms with Gasteiger partial charge in [0.1, 0.15) is 11.5 Å². The number of cyclic esters (lactones) is 1. The van der Waals surface area contributed by atoms with E-state index in [0.29, 0.717) is 56.2 Å². The second kappa shape index (κ2) is 18.7. The number of esters is 1. The quantitative estimate of drug-likeness (QED) is 0.233. The first-order chi connectivity index (χ1) is 24.9. The van der Waals surface area contributed by atoms with Gasteiger partial charge in [-0.3, -0.25) is 24.2 Å². The molecule has 12 heteroatoms. The Hall–Kier alpha value is -2.12. The van der Waals surface area contributed by atoms with Crippen molar-refractivity contribution in [3.05, 3.63) is 34.9 Å². The van der Waals surface area contributed by atoms with Crippen LogP contribution in [0, 0.1) is 17.3 Å². The molecule has 0 radical (unpaired) electrons. The number of methoxy groups -OCH3 is 1. The number of ketones is 1. The van der Waals surface area contributed by atoms with Crippen molar-refractivity contribution in [3.8, 4) is 0 Å². The largest absolute Gasteiger partial charge is 0.460 e. The lowest BCUT2D eigenvalue weighted by Gasteiger charge is -2.46. The van der Waals surface area contributed by atoms with Crippen molar-refractivity contribution < 1.29 is 33.3 Å². The Kier molecular flexibility index (Phi) is 15.4. The van der Waals surface area contributed by atoms with Crippen LogP contribution in [0.4, 0.5) is 0 Å². The van der Waals surface area contributed by atoms with E-state index in [0.717, 1.165) is 25.9 Å². The smallest absolute Gasteiger partial charge is 0.319 e. The third-order valence-electron chi connectivity index (χ3n) is 11.8. The van der Waals surface area contributed by atoms with Crippen LogP contribution in [0.1, 0.15) is 91.4 Å². The van der Waals surface area contributed by atoms with Gasteiger partial charge in [-0.2, -0.15) is 0 Å². The topological polar surface area (TPSA) is 101 Å². The predicted molar refractivity (Wildman–Crippen MR) is 208 cm³/mol. The molecule has 9 atom stereocenters. The Morgan fingerprint density at radius 3 is 2.32 bits per heavy atom. The minimum atomic E-state index is -1.43. The number of hydrogen-bond donors (Lipinski definition) is 0. The van der Waals surface area contributed by atoms with Crippen LogP contribution in [-0.2, 0) is 28.5 Å². The van der Waals surface area contributed by atoms with Gasteiger partial charge in [-0.05, 0) is 98.6 Å². The lowest BCUT2D eigenvalue weighted by molar-refractivity contribution is -0.263. The molecule has 0 aliphatic carbocycles. The average molecular weight is 763 g/mol.